The van der Waals surface area contributed by atoms with Gasteiger partial charge in [-0.15, -0.1) is 0 Å². The minimum atomic E-state index is -0.00988. The van der Waals surface area contributed by atoms with Gasteiger partial charge in [-0.25, -0.2) is 4.98 Å². The molecule has 0 atom stereocenters. The van der Waals surface area contributed by atoms with E-state index in [1.165, 1.54) is 0 Å². The Kier molecular flexibility index (Phi) is 5.12. The standard InChI is InChI=1S/C17H24N4O2/c1-2-7-20-10-6-18-16(20)14-19-8-4-9-21(12-11-19)17(22)15-5-3-13-23-15/h3,5-6,10,13H,2,4,7-9,11-12,14H2,1H3. The fraction of sp³-hybridized carbons (Fsp3) is 0.529. The highest BCUT2D eigenvalue weighted by Gasteiger charge is 2.22. The van der Waals surface area contributed by atoms with E-state index in [9.17, 15) is 4.79 Å². The van der Waals surface area contributed by atoms with Gasteiger partial charge in [0.2, 0.25) is 0 Å². The maximum absolute atomic E-state index is 12.4. The second-order valence-electron chi connectivity index (χ2n) is 5.94. The fourth-order valence-corrected chi connectivity index (χ4v) is 3.02. The number of hydrogen-bond donors (Lipinski definition) is 0. The minimum absolute atomic E-state index is 0.00988. The molecule has 0 spiro atoms. The zero-order chi connectivity index (χ0) is 16.1. The predicted octanol–water partition coefficient (Wildman–Crippen LogP) is 2.23. The van der Waals surface area contributed by atoms with Crippen LogP contribution in [0.4, 0.5) is 0 Å². The molecule has 0 unspecified atom stereocenters. The van der Waals surface area contributed by atoms with E-state index in [4.69, 9.17) is 4.42 Å². The Morgan fingerprint density at radius 2 is 2.22 bits per heavy atom. The van der Waals surface area contributed by atoms with Crippen LogP contribution in [0, 0.1) is 0 Å². The summed E-state index contributed by atoms with van der Waals surface area (Å²) in [7, 11) is 0. The van der Waals surface area contributed by atoms with Gasteiger partial charge in [0.1, 0.15) is 5.82 Å². The van der Waals surface area contributed by atoms with Crippen LogP contribution in [0.3, 0.4) is 0 Å². The third-order valence-electron chi connectivity index (χ3n) is 4.24. The van der Waals surface area contributed by atoms with Crippen molar-refractivity contribution in [2.75, 3.05) is 26.2 Å². The Bertz CT molecular complexity index is 620. The second kappa shape index (κ2) is 7.46. The highest BCUT2D eigenvalue weighted by atomic mass is 16.3. The summed E-state index contributed by atoms with van der Waals surface area (Å²) < 4.78 is 7.44. The average Bonchev–Trinajstić information content (AvgIpc) is 3.17. The predicted molar refractivity (Wildman–Crippen MR) is 87.0 cm³/mol. The molecule has 124 valence electrons. The van der Waals surface area contributed by atoms with Crippen molar-refractivity contribution in [3.63, 3.8) is 0 Å². The summed E-state index contributed by atoms with van der Waals surface area (Å²) in [6.45, 7) is 7.38. The average molecular weight is 316 g/mol. The van der Waals surface area contributed by atoms with Crippen LogP contribution in [0.5, 0.6) is 0 Å². The van der Waals surface area contributed by atoms with Gasteiger partial charge < -0.3 is 13.9 Å². The van der Waals surface area contributed by atoms with E-state index >= 15 is 0 Å². The van der Waals surface area contributed by atoms with Crippen LogP contribution in [0.15, 0.2) is 35.2 Å². The van der Waals surface area contributed by atoms with Crippen molar-refractivity contribution in [3.8, 4) is 0 Å². The van der Waals surface area contributed by atoms with E-state index in [-0.39, 0.29) is 5.91 Å². The van der Waals surface area contributed by atoms with E-state index in [0.29, 0.717) is 5.76 Å². The highest BCUT2D eigenvalue weighted by Crippen LogP contribution is 2.12. The van der Waals surface area contributed by atoms with Crippen molar-refractivity contribution in [1.82, 2.24) is 19.4 Å². The molecule has 0 bridgehead atoms. The molecule has 6 heteroatoms. The molecule has 6 nitrogen and oxygen atoms in total. The van der Waals surface area contributed by atoms with Crippen molar-refractivity contribution < 1.29 is 9.21 Å². The molecule has 2 aromatic heterocycles. The van der Waals surface area contributed by atoms with Crippen molar-refractivity contribution in [3.05, 3.63) is 42.4 Å². The summed E-state index contributed by atoms with van der Waals surface area (Å²) in [6.07, 6.45) is 7.54. The van der Waals surface area contributed by atoms with Crippen LogP contribution in [-0.4, -0.2) is 51.4 Å². The molecular formula is C17H24N4O2. The molecule has 0 N–H and O–H groups in total. The van der Waals surface area contributed by atoms with Crippen LogP contribution in [0.2, 0.25) is 0 Å². The number of amides is 1. The zero-order valence-electron chi connectivity index (χ0n) is 13.6. The third-order valence-corrected chi connectivity index (χ3v) is 4.24. The monoisotopic (exact) mass is 316 g/mol. The van der Waals surface area contributed by atoms with Gasteiger partial charge in [0.05, 0.1) is 12.8 Å². The Morgan fingerprint density at radius 3 is 3.00 bits per heavy atom. The van der Waals surface area contributed by atoms with Gasteiger partial charge >= 0.3 is 0 Å². The van der Waals surface area contributed by atoms with Crippen LogP contribution in [-0.2, 0) is 13.1 Å². The molecule has 3 rings (SSSR count). The molecule has 1 amide bonds. The van der Waals surface area contributed by atoms with Gasteiger partial charge in [-0.05, 0) is 25.0 Å². The van der Waals surface area contributed by atoms with Crippen LogP contribution >= 0.6 is 0 Å². The highest BCUT2D eigenvalue weighted by molar-refractivity contribution is 5.91. The summed E-state index contributed by atoms with van der Waals surface area (Å²) in [5, 5.41) is 0. The number of aromatic nitrogens is 2. The van der Waals surface area contributed by atoms with E-state index in [1.807, 2.05) is 17.3 Å². The van der Waals surface area contributed by atoms with Crippen LogP contribution < -0.4 is 0 Å². The molecule has 1 saturated heterocycles. The lowest BCUT2D eigenvalue weighted by molar-refractivity contribution is 0.0729. The van der Waals surface area contributed by atoms with Gasteiger partial charge in [0.25, 0.3) is 5.91 Å². The number of aryl methyl sites for hydroxylation is 1. The molecule has 3 heterocycles. The lowest BCUT2D eigenvalue weighted by Gasteiger charge is -2.21. The summed E-state index contributed by atoms with van der Waals surface area (Å²) in [5.41, 5.74) is 0. The van der Waals surface area contributed by atoms with Gasteiger partial charge in [-0.2, -0.15) is 0 Å². The van der Waals surface area contributed by atoms with E-state index in [0.717, 1.165) is 57.9 Å². The molecule has 2 aromatic rings. The van der Waals surface area contributed by atoms with Crippen LogP contribution in [0.1, 0.15) is 36.1 Å². The Balaban J connectivity index is 1.58. The van der Waals surface area contributed by atoms with Crippen LogP contribution in [0.25, 0.3) is 0 Å². The Labute approximate surface area is 136 Å². The number of hydrogen-bond acceptors (Lipinski definition) is 4. The number of carbonyl (C=O) groups is 1. The van der Waals surface area contributed by atoms with Gasteiger partial charge in [-0.3, -0.25) is 9.69 Å². The van der Waals surface area contributed by atoms with Crippen molar-refractivity contribution in [2.24, 2.45) is 0 Å². The minimum Gasteiger partial charge on any atom is -0.459 e. The fourth-order valence-electron chi connectivity index (χ4n) is 3.02. The molecule has 1 fully saturated rings. The van der Waals surface area contributed by atoms with Gasteiger partial charge in [0, 0.05) is 45.1 Å². The maximum atomic E-state index is 12.4. The molecule has 0 radical (unpaired) electrons. The molecule has 1 aliphatic heterocycles. The second-order valence-corrected chi connectivity index (χ2v) is 5.94. The first kappa shape index (κ1) is 15.8. The summed E-state index contributed by atoms with van der Waals surface area (Å²) in [4.78, 5) is 21.1. The first-order chi connectivity index (χ1) is 11.3. The number of nitrogens with zero attached hydrogens (tertiary/aromatic N) is 4. The first-order valence-corrected chi connectivity index (χ1v) is 8.33. The van der Waals surface area contributed by atoms with Gasteiger partial charge in [-0.1, -0.05) is 6.92 Å². The number of furan rings is 1. The summed E-state index contributed by atoms with van der Waals surface area (Å²) in [6, 6.07) is 3.48. The maximum Gasteiger partial charge on any atom is 0.289 e. The number of rotatable bonds is 5. The first-order valence-electron chi connectivity index (χ1n) is 8.33. The third kappa shape index (κ3) is 3.82. The lowest BCUT2D eigenvalue weighted by Crippen LogP contribution is -2.35. The van der Waals surface area contributed by atoms with Crippen molar-refractivity contribution >= 4 is 5.91 Å². The summed E-state index contributed by atoms with van der Waals surface area (Å²) >= 11 is 0. The van der Waals surface area contributed by atoms with Crippen molar-refractivity contribution in [1.29, 1.82) is 0 Å². The number of imidazole rings is 1. The van der Waals surface area contributed by atoms with E-state index in [2.05, 4.69) is 21.4 Å². The Hall–Kier alpha value is -2.08. The van der Waals surface area contributed by atoms with E-state index < -0.39 is 0 Å². The SMILES string of the molecule is CCCn1ccnc1CN1CCCN(C(=O)c2ccco2)CC1. The summed E-state index contributed by atoms with van der Waals surface area (Å²) in [5.74, 6) is 1.53. The number of carbonyl (C=O) groups excluding carboxylic acids is 1. The molecular weight excluding hydrogens is 292 g/mol. The molecule has 0 saturated carbocycles. The molecule has 0 aromatic carbocycles. The largest absolute Gasteiger partial charge is 0.459 e. The lowest BCUT2D eigenvalue weighted by atomic mass is 10.3. The molecule has 23 heavy (non-hydrogen) atoms. The zero-order valence-corrected chi connectivity index (χ0v) is 13.6. The topological polar surface area (TPSA) is 54.5 Å². The van der Waals surface area contributed by atoms with Crippen molar-refractivity contribution in [2.45, 2.75) is 32.9 Å². The Morgan fingerprint density at radius 1 is 1.30 bits per heavy atom. The smallest absolute Gasteiger partial charge is 0.289 e. The van der Waals surface area contributed by atoms with E-state index in [1.54, 1.807) is 18.4 Å². The molecule has 0 aliphatic carbocycles. The normalized spacial score (nSPS) is 16.5. The molecule has 1 aliphatic rings. The van der Waals surface area contributed by atoms with Gasteiger partial charge in [0.15, 0.2) is 5.76 Å². The quantitative estimate of drug-likeness (QED) is 0.849.